The molecule has 0 aliphatic heterocycles. The lowest BCUT2D eigenvalue weighted by atomic mass is 10.1. The summed E-state index contributed by atoms with van der Waals surface area (Å²) in [7, 11) is 0. The number of fused-ring (bicyclic) bond motifs is 1. The van der Waals surface area contributed by atoms with Gasteiger partial charge in [-0.15, -0.1) is 0 Å². The molecule has 0 spiro atoms. The average Bonchev–Trinajstić information content (AvgIpc) is 2.53. The Bertz CT molecular complexity index is 781. The molecule has 4 nitrogen and oxygen atoms in total. The highest BCUT2D eigenvalue weighted by Gasteiger charge is 2.07. The summed E-state index contributed by atoms with van der Waals surface area (Å²) in [5.74, 6) is -0.172. The van der Waals surface area contributed by atoms with Crippen molar-refractivity contribution < 1.29 is 4.79 Å². The first-order valence-electron chi connectivity index (χ1n) is 6.77. The first-order chi connectivity index (χ1) is 10.2. The number of aryl methyl sites for hydroxylation is 1. The van der Waals surface area contributed by atoms with Crippen molar-refractivity contribution in [1.82, 2.24) is 15.3 Å². The minimum atomic E-state index is -0.172. The third kappa shape index (κ3) is 3.05. The SMILES string of the molecule is Cc1ccc(CNC(=O)c2ccc3cnccc3n2)cc1. The van der Waals surface area contributed by atoms with Gasteiger partial charge in [-0.25, -0.2) is 4.98 Å². The Balaban J connectivity index is 1.73. The summed E-state index contributed by atoms with van der Waals surface area (Å²) in [5, 5.41) is 3.81. The van der Waals surface area contributed by atoms with Gasteiger partial charge in [-0.3, -0.25) is 9.78 Å². The van der Waals surface area contributed by atoms with Gasteiger partial charge < -0.3 is 5.32 Å². The Kier molecular flexibility index (Phi) is 3.60. The number of benzene rings is 1. The highest BCUT2D eigenvalue weighted by atomic mass is 16.1. The summed E-state index contributed by atoms with van der Waals surface area (Å²) >= 11 is 0. The number of amides is 1. The number of pyridine rings is 2. The number of nitrogens with zero attached hydrogens (tertiary/aromatic N) is 2. The zero-order valence-corrected chi connectivity index (χ0v) is 11.7. The monoisotopic (exact) mass is 277 g/mol. The van der Waals surface area contributed by atoms with E-state index in [2.05, 4.69) is 15.3 Å². The Labute approximate surface area is 122 Å². The van der Waals surface area contributed by atoms with Crippen molar-refractivity contribution in [2.75, 3.05) is 0 Å². The fourth-order valence-electron chi connectivity index (χ4n) is 2.07. The quantitative estimate of drug-likeness (QED) is 0.801. The van der Waals surface area contributed by atoms with E-state index in [1.165, 1.54) is 5.56 Å². The summed E-state index contributed by atoms with van der Waals surface area (Å²) in [6.45, 7) is 2.53. The van der Waals surface area contributed by atoms with E-state index in [0.29, 0.717) is 12.2 Å². The first kappa shape index (κ1) is 13.2. The molecule has 21 heavy (non-hydrogen) atoms. The topological polar surface area (TPSA) is 54.9 Å². The van der Waals surface area contributed by atoms with E-state index >= 15 is 0 Å². The largest absolute Gasteiger partial charge is 0.347 e. The number of nitrogens with one attached hydrogen (secondary N) is 1. The molecule has 0 bridgehead atoms. The lowest BCUT2D eigenvalue weighted by Crippen LogP contribution is -2.23. The smallest absolute Gasteiger partial charge is 0.270 e. The van der Waals surface area contributed by atoms with Crippen molar-refractivity contribution in [3.05, 3.63) is 71.7 Å². The number of rotatable bonds is 3. The standard InChI is InChI=1S/C17H15N3O/c1-12-2-4-13(5-3-12)10-19-17(21)16-7-6-14-11-18-9-8-15(14)20-16/h2-9,11H,10H2,1H3,(H,19,21). The van der Waals surface area contributed by atoms with Crippen LogP contribution in [0.1, 0.15) is 21.6 Å². The van der Waals surface area contributed by atoms with Gasteiger partial charge in [0, 0.05) is 24.3 Å². The second-order valence-corrected chi connectivity index (χ2v) is 4.93. The Morgan fingerprint density at radius 3 is 2.71 bits per heavy atom. The lowest BCUT2D eigenvalue weighted by molar-refractivity contribution is 0.0946. The van der Waals surface area contributed by atoms with Crippen molar-refractivity contribution in [2.24, 2.45) is 0 Å². The number of carbonyl (C=O) groups excluding carboxylic acids is 1. The van der Waals surface area contributed by atoms with Gasteiger partial charge in [-0.2, -0.15) is 0 Å². The van der Waals surface area contributed by atoms with Gasteiger partial charge in [0.15, 0.2) is 0 Å². The molecule has 0 aliphatic rings. The van der Waals surface area contributed by atoms with Crippen LogP contribution < -0.4 is 5.32 Å². The second kappa shape index (κ2) is 5.71. The van der Waals surface area contributed by atoms with Crippen LogP contribution in [-0.4, -0.2) is 15.9 Å². The van der Waals surface area contributed by atoms with E-state index in [0.717, 1.165) is 16.5 Å². The first-order valence-corrected chi connectivity index (χ1v) is 6.77. The molecule has 0 radical (unpaired) electrons. The predicted molar refractivity (Wildman–Crippen MR) is 81.9 cm³/mol. The van der Waals surface area contributed by atoms with Gasteiger partial charge in [0.1, 0.15) is 5.69 Å². The molecule has 0 fully saturated rings. The van der Waals surface area contributed by atoms with Crippen LogP contribution in [0.2, 0.25) is 0 Å². The molecule has 2 aromatic heterocycles. The predicted octanol–water partition coefficient (Wildman–Crippen LogP) is 2.87. The molecule has 0 unspecified atom stereocenters. The fourth-order valence-corrected chi connectivity index (χ4v) is 2.07. The molecule has 1 aromatic carbocycles. The Morgan fingerprint density at radius 2 is 1.90 bits per heavy atom. The van der Waals surface area contributed by atoms with E-state index < -0.39 is 0 Å². The molecule has 2 heterocycles. The molecule has 4 heteroatoms. The van der Waals surface area contributed by atoms with Crippen LogP contribution >= 0.6 is 0 Å². The highest BCUT2D eigenvalue weighted by molar-refractivity contribution is 5.94. The van der Waals surface area contributed by atoms with Gasteiger partial charge in [0.2, 0.25) is 0 Å². The zero-order valence-electron chi connectivity index (χ0n) is 11.7. The van der Waals surface area contributed by atoms with Crippen molar-refractivity contribution >= 4 is 16.8 Å². The van der Waals surface area contributed by atoms with Crippen LogP contribution in [0.3, 0.4) is 0 Å². The maximum Gasteiger partial charge on any atom is 0.270 e. The van der Waals surface area contributed by atoms with E-state index in [9.17, 15) is 4.79 Å². The number of hydrogen-bond acceptors (Lipinski definition) is 3. The minimum Gasteiger partial charge on any atom is -0.347 e. The molecule has 0 aliphatic carbocycles. The van der Waals surface area contributed by atoms with Gasteiger partial charge in [-0.05, 0) is 30.7 Å². The van der Waals surface area contributed by atoms with Gasteiger partial charge in [0.05, 0.1) is 5.52 Å². The second-order valence-electron chi connectivity index (χ2n) is 4.93. The van der Waals surface area contributed by atoms with E-state index in [1.807, 2.05) is 37.3 Å². The van der Waals surface area contributed by atoms with Crippen LogP contribution in [0, 0.1) is 6.92 Å². The molecule has 1 N–H and O–H groups in total. The maximum atomic E-state index is 12.1. The minimum absolute atomic E-state index is 0.172. The molecule has 0 atom stereocenters. The van der Waals surface area contributed by atoms with Crippen molar-refractivity contribution in [2.45, 2.75) is 13.5 Å². The molecule has 104 valence electrons. The van der Waals surface area contributed by atoms with Crippen molar-refractivity contribution in [3.8, 4) is 0 Å². The summed E-state index contributed by atoms with van der Waals surface area (Å²) < 4.78 is 0. The summed E-state index contributed by atoms with van der Waals surface area (Å²) in [5.41, 5.74) is 3.46. The number of hydrogen-bond donors (Lipinski definition) is 1. The number of carbonyl (C=O) groups is 1. The van der Waals surface area contributed by atoms with Crippen LogP contribution in [0.15, 0.2) is 54.9 Å². The normalized spacial score (nSPS) is 10.5. The van der Waals surface area contributed by atoms with E-state index in [-0.39, 0.29) is 5.91 Å². The van der Waals surface area contributed by atoms with Gasteiger partial charge in [0.25, 0.3) is 5.91 Å². The van der Waals surface area contributed by atoms with E-state index in [1.54, 1.807) is 24.5 Å². The van der Waals surface area contributed by atoms with Gasteiger partial charge in [-0.1, -0.05) is 29.8 Å². The molecular formula is C17H15N3O. The molecule has 0 saturated carbocycles. The third-order valence-corrected chi connectivity index (χ3v) is 3.30. The van der Waals surface area contributed by atoms with Crippen LogP contribution in [0.25, 0.3) is 10.9 Å². The highest BCUT2D eigenvalue weighted by Crippen LogP contribution is 2.10. The molecule has 1 amide bonds. The van der Waals surface area contributed by atoms with E-state index in [4.69, 9.17) is 0 Å². The molecule has 3 rings (SSSR count). The maximum absolute atomic E-state index is 12.1. The molecule has 3 aromatic rings. The van der Waals surface area contributed by atoms with Crippen LogP contribution in [-0.2, 0) is 6.54 Å². The zero-order chi connectivity index (χ0) is 14.7. The van der Waals surface area contributed by atoms with Crippen LogP contribution in [0.5, 0.6) is 0 Å². The van der Waals surface area contributed by atoms with Crippen molar-refractivity contribution in [1.29, 1.82) is 0 Å². The third-order valence-electron chi connectivity index (χ3n) is 3.30. The van der Waals surface area contributed by atoms with Gasteiger partial charge >= 0.3 is 0 Å². The Morgan fingerprint density at radius 1 is 1.10 bits per heavy atom. The summed E-state index contributed by atoms with van der Waals surface area (Å²) in [4.78, 5) is 20.5. The fraction of sp³-hybridized carbons (Fsp3) is 0.118. The lowest BCUT2D eigenvalue weighted by Gasteiger charge is -2.06. The molecular weight excluding hydrogens is 262 g/mol. The summed E-state index contributed by atoms with van der Waals surface area (Å²) in [6, 6.07) is 13.5. The number of aromatic nitrogens is 2. The van der Waals surface area contributed by atoms with Crippen LogP contribution in [0.4, 0.5) is 0 Å². The molecule has 0 saturated heterocycles. The Hall–Kier alpha value is -2.75. The average molecular weight is 277 g/mol. The van der Waals surface area contributed by atoms with Crippen molar-refractivity contribution in [3.63, 3.8) is 0 Å². The summed E-state index contributed by atoms with van der Waals surface area (Å²) in [6.07, 6.45) is 3.40.